The number of nitrogens with one attached hydrogen (secondary N) is 1. The summed E-state index contributed by atoms with van der Waals surface area (Å²) < 4.78 is 13.2. The maximum atomic E-state index is 13.2. The monoisotopic (exact) mass is 252 g/mol. The number of likely N-dealkylation sites (N-methyl/N-ethyl adjacent to an activating group) is 1. The Hall–Kier alpha value is -0.930. The van der Waals surface area contributed by atoms with Crippen molar-refractivity contribution in [3.63, 3.8) is 0 Å². The van der Waals surface area contributed by atoms with Crippen LogP contribution < -0.4 is 5.32 Å². The summed E-state index contributed by atoms with van der Waals surface area (Å²) >= 11 is 0. The minimum atomic E-state index is -0.150. The van der Waals surface area contributed by atoms with Crippen LogP contribution in [0.25, 0.3) is 0 Å². The van der Waals surface area contributed by atoms with Crippen molar-refractivity contribution in [1.82, 2.24) is 10.2 Å². The minimum Gasteiger partial charge on any atom is -0.309 e. The fraction of sp³-hybridized carbons (Fsp3) is 0.600. The standard InChI is InChI=1S/C15H25FN2/c1-5-18(6-2)11-13(4)17-10-14-7-12(3)8-15(16)9-14/h7-9,13,17H,5-6,10-11H2,1-4H3. The molecule has 1 aromatic rings. The quantitative estimate of drug-likeness (QED) is 0.802. The highest BCUT2D eigenvalue weighted by Gasteiger charge is 2.07. The summed E-state index contributed by atoms with van der Waals surface area (Å²) in [6.45, 7) is 12.3. The molecule has 0 aromatic heterocycles. The molecule has 1 unspecified atom stereocenters. The largest absolute Gasteiger partial charge is 0.309 e. The van der Waals surface area contributed by atoms with Gasteiger partial charge >= 0.3 is 0 Å². The van der Waals surface area contributed by atoms with Crippen molar-refractivity contribution in [2.75, 3.05) is 19.6 Å². The van der Waals surface area contributed by atoms with Crippen LogP contribution in [0.4, 0.5) is 4.39 Å². The summed E-state index contributed by atoms with van der Waals surface area (Å²) in [5, 5.41) is 3.44. The van der Waals surface area contributed by atoms with E-state index in [0.717, 1.165) is 37.3 Å². The summed E-state index contributed by atoms with van der Waals surface area (Å²) in [5.74, 6) is -0.150. The van der Waals surface area contributed by atoms with Gasteiger partial charge in [-0.1, -0.05) is 19.9 Å². The number of benzene rings is 1. The summed E-state index contributed by atoms with van der Waals surface area (Å²) in [5.41, 5.74) is 1.99. The van der Waals surface area contributed by atoms with Gasteiger partial charge in [-0.05, 0) is 50.2 Å². The molecule has 1 aromatic carbocycles. The second-order valence-electron chi connectivity index (χ2n) is 4.90. The van der Waals surface area contributed by atoms with Crippen molar-refractivity contribution in [3.8, 4) is 0 Å². The van der Waals surface area contributed by atoms with Gasteiger partial charge in [-0.25, -0.2) is 4.39 Å². The van der Waals surface area contributed by atoms with Crippen LogP contribution in [0.15, 0.2) is 18.2 Å². The molecule has 1 rings (SSSR count). The van der Waals surface area contributed by atoms with Crippen molar-refractivity contribution >= 4 is 0 Å². The Morgan fingerprint density at radius 1 is 1.22 bits per heavy atom. The van der Waals surface area contributed by atoms with Crippen molar-refractivity contribution in [1.29, 1.82) is 0 Å². The molecule has 102 valence electrons. The average molecular weight is 252 g/mol. The zero-order valence-corrected chi connectivity index (χ0v) is 12.0. The van der Waals surface area contributed by atoms with Crippen LogP contribution >= 0.6 is 0 Å². The minimum absolute atomic E-state index is 0.150. The van der Waals surface area contributed by atoms with Gasteiger partial charge in [0.15, 0.2) is 0 Å². The summed E-state index contributed by atoms with van der Waals surface area (Å²) in [4.78, 5) is 2.38. The highest BCUT2D eigenvalue weighted by molar-refractivity contribution is 5.23. The fourth-order valence-corrected chi connectivity index (χ4v) is 2.14. The lowest BCUT2D eigenvalue weighted by Gasteiger charge is -2.23. The second kappa shape index (κ2) is 7.49. The van der Waals surface area contributed by atoms with E-state index in [1.54, 1.807) is 12.1 Å². The summed E-state index contributed by atoms with van der Waals surface area (Å²) in [7, 11) is 0. The Kier molecular flexibility index (Phi) is 6.30. The maximum Gasteiger partial charge on any atom is 0.123 e. The third-order valence-corrected chi connectivity index (χ3v) is 3.18. The van der Waals surface area contributed by atoms with Gasteiger partial charge in [0.25, 0.3) is 0 Å². The Balaban J connectivity index is 2.44. The van der Waals surface area contributed by atoms with Crippen molar-refractivity contribution < 1.29 is 4.39 Å². The molecule has 0 spiro atoms. The number of rotatable bonds is 7. The van der Waals surface area contributed by atoms with E-state index < -0.39 is 0 Å². The lowest BCUT2D eigenvalue weighted by atomic mass is 10.1. The number of aryl methyl sites for hydroxylation is 1. The Morgan fingerprint density at radius 3 is 2.44 bits per heavy atom. The lowest BCUT2D eigenvalue weighted by Crippen LogP contribution is -2.38. The highest BCUT2D eigenvalue weighted by atomic mass is 19.1. The number of halogens is 1. The molecule has 0 saturated carbocycles. The Labute approximate surface area is 110 Å². The van der Waals surface area contributed by atoms with Crippen LogP contribution in [0.2, 0.25) is 0 Å². The van der Waals surface area contributed by atoms with Gasteiger partial charge in [0.1, 0.15) is 5.82 Å². The molecule has 0 fully saturated rings. The maximum absolute atomic E-state index is 13.2. The summed E-state index contributed by atoms with van der Waals surface area (Å²) in [6.07, 6.45) is 0. The van der Waals surface area contributed by atoms with Crippen molar-refractivity contribution in [2.24, 2.45) is 0 Å². The third kappa shape index (κ3) is 5.15. The van der Waals surface area contributed by atoms with E-state index in [1.165, 1.54) is 0 Å². The molecule has 3 heteroatoms. The van der Waals surface area contributed by atoms with Gasteiger partial charge in [-0.2, -0.15) is 0 Å². The molecule has 1 N–H and O–H groups in total. The fourth-order valence-electron chi connectivity index (χ4n) is 2.14. The van der Waals surface area contributed by atoms with Gasteiger partial charge in [0.05, 0.1) is 0 Å². The first kappa shape index (κ1) is 15.1. The van der Waals surface area contributed by atoms with E-state index in [0.29, 0.717) is 6.04 Å². The molecule has 0 radical (unpaired) electrons. The summed E-state index contributed by atoms with van der Waals surface area (Å²) in [6, 6.07) is 5.60. The Bertz CT molecular complexity index is 341. The van der Waals surface area contributed by atoms with Gasteiger partial charge < -0.3 is 10.2 Å². The van der Waals surface area contributed by atoms with Gasteiger partial charge in [-0.15, -0.1) is 0 Å². The molecule has 0 amide bonds. The number of nitrogens with zero attached hydrogens (tertiary/aromatic N) is 1. The van der Waals surface area contributed by atoms with Crippen LogP contribution in [0.5, 0.6) is 0 Å². The first-order valence-electron chi connectivity index (χ1n) is 6.77. The van der Waals surface area contributed by atoms with E-state index >= 15 is 0 Å². The first-order valence-corrected chi connectivity index (χ1v) is 6.77. The van der Waals surface area contributed by atoms with Gasteiger partial charge in [-0.3, -0.25) is 0 Å². The first-order chi connectivity index (χ1) is 8.55. The molecule has 0 aliphatic heterocycles. The molecule has 0 aliphatic rings. The van der Waals surface area contributed by atoms with Gasteiger partial charge in [0, 0.05) is 19.1 Å². The van der Waals surface area contributed by atoms with E-state index in [9.17, 15) is 4.39 Å². The molecule has 0 bridgehead atoms. The van der Waals surface area contributed by atoms with Crippen LogP contribution in [-0.4, -0.2) is 30.6 Å². The van der Waals surface area contributed by atoms with Gasteiger partial charge in [0.2, 0.25) is 0 Å². The number of hydrogen-bond donors (Lipinski definition) is 1. The molecule has 2 nitrogen and oxygen atoms in total. The second-order valence-corrected chi connectivity index (χ2v) is 4.90. The SMILES string of the molecule is CCN(CC)CC(C)NCc1cc(C)cc(F)c1. The van der Waals surface area contributed by atoms with E-state index in [1.807, 2.05) is 13.0 Å². The molecular formula is C15H25FN2. The molecule has 18 heavy (non-hydrogen) atoms. The van der Waals surface area contributed by atoms with E-state index in [2.05, 4.69) is 31.0 Å². The molecule has 1 atom stereocenters. The number of hydrogen-bond acceptors (Lipinski definition) is 2. The normalized spacial score (nSPS) is 13.0. The van der Waals surface area contributed by atoms with Crippen LogP contribution in [0.1, 0.15) is 31.9 Å². The predicted molar refractivity (Wildman–Crippen MR) is 75.2 cm³/mol. The molecular weight excluding hydrogens is 227 g/mol. The molecule has 0 aliphatic carbocycles. The van der Waals surface area contributed by atoms with Crippen molar-refractivity contribution in [3.05, 3.63) is 35.1 Å². The zero-order valence-electron chi connectivity index (χ0n) is 12.0. The smallest absolute Gasteiger partial charge is 0.123 e. The van der Waals surface area contributed by atoms with Crippen LogP contribution in [0.3, 0.4) is 0 Å². The van der Waals surface area contributed by atoms with E-state index in [4.69, 9.17) is 0 Å². The van der Waals surface area contributed by atoms with Crippen LogP contribution in [0, 0.1) is 12.7 Å². The zero-order chi connectivity index (χ0) is 13.5. The van der Waals surface area contributed by atoms with Crippen LogP contribution in [-0.2, 0) is 6.54 Å². The highest BCUT2D eigenvalue weighted by Crippen LogP contribution is 2.08. The molecule has 0 saturated heterocycles. The average Bonchev–Trinajstić information content (AvgIpc) is 2.32. The topological polar surface area (TPSA) is 15.3 Å². The third-order valence-electron chi connectivity index (χ3n) is 3.18. The van der Waals surface area contributed by atoms with Crippen molar-refractivity contribution in [2.45, 2.75) is 40.3 Å². The van der Waals surface area contributed by atoms with E-state index in [-0.39, 0.29) is 5.82 Å². The Morgan fingerprint density at radius 2 is 1.89 bits per heavy atom. The predicted octanol–water partition coefficient (Wildman–Crippen LogP) is 2.95. The lowest BCUT2D eigenvalue weighted by molar-refractivity contribution is 0.270. The molecule has 0 heterocycles.